The van der Waals surface area contributed by atoms with E-state index in [2.05, 4.69) is 121 Å². The Morgan fingerprint density at radius 2 is 1.00 bits per heavy atom. The minimum Gasteiger partial charge on any atom is -0.455 e. The average Bonchev–Trinajstić information content (AvgIpc) is 3.68. The smallest absolute Gasteiger partial charge is 0.161 e. The lowest BCUT2D eigenvalue weighted by Crippen LogP contribution is -1.96. The van der Waals surface area contributed by atoms with Crippen LogP contribution in [-0.4, -0.2) is 9.97 Å². The summed E-state index contributed by atoms with van der Waals surface area (Å²) in [5, 5.41) is 4.62. The number of fused-ring (bicyclic) bond motifs is 6. The molecule has 0 aliphatic rings. The Kier molecular flexibility index (Phi) is 5.68. The third-order valence-electron chi connectivity index (χ3n) is 8.32. The van der Waals surface area contributed by atoms with Gasteiger partial charge >= 0.3 is 0 Å². The summed E-state index contributed by atoms with van der Waals surface area (Å²) >= 11 is 1.80. The fourth-order valence-corrected chi connectivity index (χ4v) is 7.48. The molecule has 0 aliphatic carbocycles. The predicted octanol–water partition coefficient (Wildman–Crippen LogP) is 11.4. The number of rotatable bonds is 4. The van der Waals surface area contributed by atoms with Gasteiger partial charge in [0.15, 0.2) is 5.82 Å². The van der Waals surface area contributed by atoms with Crippen molar-refractivity contribution in [2.24, 2.45) is 0 Å². The highest BCUT2D eigenvalue weighted by molar-refractivity contribution is 7.26. The number of para-hydroxylation sites is 2. The number of benzene rings is 6. The molecule has 0 atom stereocenters. The van der Waals surface area contributed by atoms with Gasteiger partial charge in [0.2, 0.25) is 0 Å². The quantitative estimate of drug-likeness (QED) is 0.208. The summed E-state index contributed by atoms with van der Waals surface area (Å²) in [6, 6.07) is 50.6. The average molecular weight is 581 g/mol. The molecule has 0 saturated carbocycles. The predicted molar refractivity (Wildman–Crippen MR) is 184 cm³/mol. The first kappa shape index (κ1) is 25.0. The van der Waals surface area contributed by atoms with Crippen molar-refractivity contribution < 1.29 is 4.42 Å². The Morgan fingerprint density at radius 1 is 0.455 bits per heavy atom. The van der Waals surface area contributed by atoms with Gasteiger partial charge in [-0.2, -0.15) is 0 Å². The van der Waals surface area contributed by atoms with E-state index in [1.165, 1.54) is 20.2 Å². The van der Waals surface area contributed by atoms with Crippen LogP contribution in [0.2, 0.25) is 0 Å². The summed E-state index contributed by atoms with van der Waals surface area (Å²) in [4.78, 5) is 10.4. The van der Waals surface area contributed by atoms with Crippen LogP contribution in [0.5, 0.6) is 0 Å². The summed E-state index contributed by atoms with van der Waals surface area (Å²) in [5.74, 6) is 0.715. The van der Waals surface area contributed by atoms with E-state index in [1.807, 2.05) is 24.3 Å². The van der Waals surface area contributed by atoms with Gasteiger partial charge < -0.3 is 4.42 Å². The molecule has 3 nitrogen and oxygen atoms in total. The van der Waals surface area contributed by atoms with Crippen molar-refractivity contribution in [2.75, 3.05) is 0 Å². The van der Waals surface area contributed by atoms with Crippen LogP contribution in [0.1, 0.15) is 0 Å². The van der Waals surface area contributed by atoms with E-state index in [9.17, 15) is 0 Å². The monoisotopic (exact) mass is 580 g/mol. The van der Waals surface area contributed by atoms with Gasteiger partial charge in [-0.15, -0.1) is 11.3 Å². The highest BCUT2D eigenvalue weighted by atomic mass is 32.1. The van der Waals surface area contributed by atoms with E-state index in [0.29, 0.717) is 5.82 Å². The molecule has 9 rings (SSSR count). The Bertz CT molecular complexity index is 2440. The lowest BCUT2D eigenvalue weighted by Gasteiger charge is -2.11. The summed E-state index contributed by atoms with van der Waals surface area (Å²) < 4.78 is 8.93. The Morgan fingerprint density at radius 3 is 1.70 bits per heavy atom. The van der Waals surface area contributed by atoms with Crippen molar-refractivity contribution in [3.8, 4) is 45.0 Å². The van der Waals surface area contributed by atoms with Crippen LogP contribution in [0.4, 0.5) is 0 Å². The summed E-state index contributed by atoms with van der Waals surface area (Å²) in [6.07, 6.45) is 0. The maximum atomic E-state index is 6.50. The van der Waals surface area contributed by atoms with E-state index < -0.39 is 0 Å². The molecule has 0 N–H and O–H groups in total. The van der Waals surface area contributed by atoms with Gasteiger partial charge in [0.05, 0.1) is 11.4 Å². The number of nitrogens with zero attached hydrogens (tertiary/aromatic N) is 2. The molecule has 0 bridgehead atoms. The van der Waals surface area contributed by atoms with Gasteiger partial charge in [-0.25, -0.2) is 9.97 Å². The first-order chi connectivity index (χ1) is 21.8. The van der Waals surface area contributed by atoms with Crippen LogP contribution in [0.3, 0.4) is 0 Å². The van der Waals surface area contributed by atoms with Crippen LogP contribution in [0, 0.1) is 0 Å². The van der Waals surface area contributed by atoms with Crippen LogP contribution in [0.15, 0.2) is 150 Å². The van der Waals surface area contributed by atoms with Gasteiger partial charge in [-0.05, 0) is 29.8 Å². The van der Waals surface area contributed by atoms with Gasteiger partial charge in [0, 0.05) is 53.2 Å². The standard InChI is InChI=1S/C40H24N2OS/c1-3-12-25(13-4-1)32-24-33(26-14-5-2-6-15-26)42-40(41-32)31-20-11-23-36-38(31)37-28(17-10-22-35(37)44-36)30-19-9-18-29-27-16-7-8-21-34(27)43-39(29)30/h1-24H. The van der Waals surface area contributed by atoms with Crippen LogP contribution in [0.25, 0.3) is 87.1 Å². The number of thiophene rings is 1. The number of hydrogen-bond acceptors (Lipinski definition) is 4. The van der Waals surface area contributed by atoms with Crippen molar-refractivity contribution in [1.29, 1.82) is 0 Å². The Balaban J connectivity index is 1.34. The van der Waals surface area contributed by atoms with Crippen molar-refractivity contribution in [3.63, 3.8) is 0 Å². The zero-order valence-corrected chi connectivity index (χ0v) is 24.4. The van der Waals surface area contributed by atoms with Crippen LogP contribution < -0.4 is 0 Å². The van der Waals surface area contributed by atoms with Crippen molar-refractivity contribution in [3.05, 3.63) is 146 Å². The Hall–Kier alpha value is -5.58. The first-order valence-corrected chi connectivity index (χ1v) is 15.5. The normalized spacial score (nSPS) is 11.6. The topological polar surface area (TPSA) is 38.9 Å². The zero-order valence-electron chi connectivity index (χ0n) is 23.6. The molecule has 44 heavy (non-hydrogen) atoms. The third kappa shape index (κ3) is 3.96. The molecule has 3 aromatic heterocycles. The van der Waals surface area contributed by atoms with Crippen LogP contribution in [-0.2, 0) is 0 Å². The summed E-state index contributed by atoms with van der Waals surface area (Å²) in [6.45, 7) is 0. The number of furan rings is 1. The highest BCUT2D eigenvalue weighted by Crippen LogP contribution is 2.46. The van der Waals surface area contributed by atoms with Gasteiger partial charge in [0.25, 0.3) is 0 Å². The molecule has 0 saturated heterocycles. The molecule has 0 unspecified atom stereocenters. The maximum Gasteiger partial charge on any atom is 0.161 e. The van der Waals surface area contributed by atoms with E-state index >= 15 is 0 Å². The number of aromatic nitrogens is 2. The lowest BCUT2D eigenvalue weighted by molar-refractivity contribution is 0.670. The van der Waals surface area contributed by atoms with E-state index in [-0.39, 0.29) is 0 Å². The fourth-order valence-electron chi connectivity index (χ4n) is 6.32. The molecule has 0 spiro atoms. The molecule has 4 heteroatoms. The highest BCUT2D eigenvalue weighted by Gasteiger charge is 2.20. The molecule has 6 aromatic carbocycles. The lowest BCUT2D eigenvalue weighted by atomic mass is 9.95. The molecular formula is C40H24N2OS. The second kappa shape index (κ2) is 10.0. The second-order valence-electron chi connectivity index (χ2n) is 10.9. The number of hydrogen-bond donors (Lipinski definition) is 0. The van der Waals surface area contributed by atoms with Gasteiger partial charge in [0.1, 0.15) is 11.2 Å². The van der Waals surface area contributed by atoms with E-state index in [0.717, 1.165) is 61.1 Å². The van der Waals surface area contributed by atoms with Gasteiger partial charge in [-0.3, -0.25) is 0 Å². The largest absolute Gasteiger partial charge is 0.455 e. The molecule has 0 radical (unpaired) electrons. The first-order valence-electron chi connectivity index (χ1n) is 14.7. The van der Waals surface area contributed by atoms with Crippen molar-refractivity contribution in [2.45, 2.75) is 0 Å². The summed E-state index contributed by atoms with van der Waals surface area (Å²) in [7, 11) is 0. The fraction of sp³-hybridized carbons (Fsp3) is 0. The zero-order chi connectivity index (χ0) is 29.0. The van der Waals surface area contributed by atoms with E-state index in [4.69, 9.17) is 14.4 Å². The van der Waals surface area contributed by atoms with Crippen LogP contribution >= 0.6 is 11.3 Å². The summed E-state index contributed by atoms with van der Waals surface area (Å²) in [5.41, 5.74) is 8.99. The molecule has 0 amide bonds. The minimum atomic E-state index is 0.715. The third-order valence-corrected chi connectivity index (χ3v) is 9.44. The molecule has 9 aromatic rings. The van der Waals surface area contributed by atoms with Gasteiger partial charge in [-0.1, -0.05) is 121 Å². The molecular weight excluding hydrogens is 557 g/mol. The SMILES string of the molecule is c1ccc(-c2cc(-c3ccccc3)nc(-c3cccc4sc5cccc(-c6cccc7c6oc6ccccc67)c5c34)n2)cc1. The van der Waals surface area contributed by atoms with Crippen molar-refractivity contribution >= 4 is 53.4 Å². The van der Waals surface area contributed by atoms with Crippen molar-refractivity contribution in [1.82, 2.24) is 9.97 Å². The van der Waals surface area contributed by atoms with E-state index in [1.54, 1.807) is 11.3 Å². The maximum absolute atomic E-state index is 6.50. The second-order valence-corrected chi connectivity index (χ2v) is 12.0. The Labute approximate surface area is 257 Å². The molecule has 3 heterocycles. The molecule has 0 fully saturated rings. The minimum absolute atomic E-state index is 0.715. The molecule has 206 valence electrons. The molecule has 0 aliphatic heterocycles.